The molecule has 28 heavy (non-hydrogen) atoms. The third kappa shape index (κ3) is 2.87. The van der Waals surface area contributed by atoms with Crippen molar-refractivity contribution < 1.29 is 0 Å². The van der Waals surface area contributed by atoms with E-state index >= 15 is 0 Å². The Kier molecular flexibility index (Phi) is 4.70. The molecular weight excluding hydrogens is 344 g/mol. The van der Waals surface area contributed by atoms with Crippen molar-refractivity contribution in [2.24, 2.45) is 9.98 Å². The van der Waals surface area contributed by atoms with E-state index in [0.717, 1.165) is 55.8 Å². The van der Waals surface area contributed by atoms with Crippen LogP contribution in [0.1, 0.15) is 13.8 Å². The summed E-state index contributed by atoms with van der Waals surface area (Å²) in [5.41, 5.74) is 7.64. The number of nitrogens with zero attached hydrogens (tertiary/aromatic N) is 4. The Morgan fingerprint density at radius 3 is 1.25 bits per heavy atom. The van der Waals surface area contributed by atoms with E-state index in [4.69, 9.17) is 9.97 Å². The van der Waals surface area contributed by atoms with Crippen LogP contribution in [-0.4, -0.2) is 35.5 Å². The summed E-state index contributed by atoms with van der Waals surface area (Å²) in [4.78, 5) is 19.2. The summed E-state index contributed by atoms with van der Waals surface area (Å²) in [6.07, 6.45) is 0. The molecule has 0 saturated heterocycles. The van der Waals surface area contributed by atoms with Crippen molar-refractivity contribution in [3.63, 3.8) is 0 Å². The lowest BCUT2D eigenvalue weighted by Crippen LogP contribution is -2.44. The summed E-state index contributed by atoms with van der Waals surface area (Å²) >= 11 is 0. The molecule has 0 atom stereocenters. The van der Waals surface area contributed by atoms with Crippen molar-refractivity contribution in [1.82, 2.24) is 9.97 Å². The number of hydrogen-bond donors (Lipinski definition) is 0. The van der Waals surface area contributed by atoms with Crippen LogP contribution in [0.5, 0.6) is 0 Å². The average Bonchev–Trinajstić information content (AvgIpc) is 2.76. The van der Waals surface area contributed by atoms with Crippen molar-refractivity contribution in [3.05, 3.63) is 71.4 Å². The van der Waals surface area contributed by atoms with Gasteiger partial charge in [-0.3, -0.25) is 9.98 Å². The summed E-state index contributed by atoms with van der Waals surface area (Å²) in [6.45, 7) is 4.09. The second-order valence-electron chi connectivity index (χ2n) is 6.74. The van der Waals surface area contributed by atoms with Crippen LogP contribution in [0.2, 0.25) is 0 Å². The maximum atomic E-state index is 5.10. The van der Waals surface area contributed by atoms with Crippen LogP contribution in [0, 0.1) is 0 Å². The van der Waals surface area contributed by atoms with Crippen molar-refractivity contribution in [2.45, 2.75) is 13.8 Å². The summed E-state index contributed by atoms with van der Waals surface area (Å²) < 4.78 is 0. The minimum absolute atomic E-state index is 0.879. The van der Waals surface area contributed by atoms with Crippen LogP contribution in [0.15, 0.2) is 70.6 Å². The first-order valence-electron chi connectivity index (χ1n) is 9.31. The van der Waals surface area contributed by atoms with Gasteiger partial charge in [-0.2, -0.15) is 0 Å². The normalized spacial score (nSPS) is 16.6. The van der Waals surface area contributed by atoms with E-state index in [-0.39, 0.29) is 0 Å². The maximum Gasteiger partial charge on any atom is 0.0973 e. The lowest BCUT2D eigenvalue weighted by Gasteiger charge is -2.17. The van der Waals surface area contributed by atoms with Crippen LogP contribution in [-0.2, 0) is 0 Å². The maximum absolute atomic E-state index is 5.10. The van der Waals surface area contributed by atoms with Gasteiger partial charge in [0.2, 0.25) is 0 Å². The fraction of sp³-hybridized carbons (Fsp3) is 0.167. The van der Waals surface area contributed by atoms with Crippen molar-refractivity contribution in [3.8, 4) is 22.5 Å². The Balaban J connectivity index is 2.17. The molecule has 1 aliphatic rings. The zero-order valence-corrected chi connectivity index (χ0v) is 16.6. The monoisotopic (exact) mass is 366 g/mol. The lowest BCUT2D eigenvalue weighted by molar-refractivity contribution is 1.09. The second-order valence-corrected chi connectivity index (χ2v) is 6.74. The van der Waals surface area contributed by atoms with Gasteiger partial charge in [-0.05, 0) is 13.8 Å². The molecule has 0 aliphatic heterocycles. The van der Waals surface area contributed by atoms with Gasteiger partial charge in [0.15, 0.2) is 0 Å². The third-order valence-electron chi connectivity index (χ3n) is 5.08. The van der Waals surface area contributed by atoms with Crippen molar-refractivity contribution in [1.29, 1.82) is 0 Å². The zero-order valence-electron chi connectivity index (χ0n) is 16.6. The Bertz CT molecular complexity index is 1120. The Morgan fingerprint density at radius 1 is 0.571 bits per heavy atom. The lowest BCUT2D eigenvalue weighted by atomic mass is 9.95. The molecule has 0 radical (unpaired) electrons. The molecule has 0 spiro atoms. The molecule has 0 saturated carbocycles. The molecule has 0 bridgehead atoms. The molecule has 1 aliphatic carbocycles. The highest BCUT2D eigenvalue weighted by molar-refractivity contribution is 6.66. The van der Waals surface area contributed by atoms with Crippen molar-refractivity contribution >= 4 is 22.6 Å². The van der Waals surface area contributed by atoms with Gasteiger partial charge in [-0.1, -0.05) is 60.7 Å². The average molecular weight is 366 g/mol. The molecule has 2 aromatic carbocycles. The van der Waals surface area contributed by atoms with Gasteiger partial charge in [0.1, 0.15) is 0 Å². The van der Waals surface area contributed by atoms with E-state index in [2.05, 4.69) is 34.3 Å². The molecule has 138 valence electrons. The first kappa shape index (κ1) is 18.0. The molecule has 1 aromatic heterocycles. The highest BCUT2D eigenvalue weighted by Gasteiger charge is 2.22. The third-order valence-corrected chi connectivity index (χ3v) is 5.08. The van der Waals surface area contributed by atoms with Gasteiger partial charge in [0.25, 0.3) is 0 Å². The number of benzene rings is 2. The summed E-state index contributed by atoms with van der Waals surface area (Å²) in [6, 6.07) is 20.4. The van der Waals surface area contributed by atoms with Crippen LogP contribution in [0.3, 0.4) is 0 Å². The molecule has 4 nitrogen and oxygen atoms in total. The van der Waals surface area contributed by atoms with E-state index in [9.17, 15) is 0 Å². The quantitative estimate of drug-likeness (QED) is 0.699. The van der Waals surface area contributed by atoms with Gasteiger partial charge < -0.3 is 0 Å². The predicted molar refractivity (Wildman–Crippen MR) is 117 cm³/mol. The van der Waals surface area contributed by atoms with E-state index in [1.165, 1.54) is 0 Å². The first-order chi connectivity index (χ1) is 13.7. The van der Waals surface area contributed by atoms with Gasteiger partial charge in [0, 0.05) is 36.4 Å². The minimum Gasteiger partial charge on any atom is -0.286 e. The van der Waals surface area contributed by atoms with Gasteiger partial charge in [-0.25, -0.2) is 9.97 Å². The van der Waals surface area contributed by atoms with E-state index in [1.54, 1.807) is 14.1 Å². The smallest absolute Gasteiger partial charge is 0.0973 e. The number of fused-ring (bicyclic) bond motifs is 1. The van der Waals surface area contributed by atoms with Crippen LogP contribution in [0.25, 0.3) is 33.7 Å². The summed E-state index contributed by atoms with van der Waals surface area (Å²) in [7, 11) is 3.60. The number of aliphatic imine (C=N–C) groups is 2. The number of rotatable bonds is 2. The predicted octanol–water partition coefficient (Wildman–Crippen LogP) is 3.31. The van der Waals surface area contributed by atoms with Crippen LogP contribution in [0.4, 0.5) is 0 Å². The topological polar surface area (TPSA) is 50.5 Å². The van der Waals surface area contributed by atoms with Gasteiger partial charge >= 0.3 is 0 Å². The fourth-order valence-corrected chi connectivity index (χ4v) is 3.68. The van der Waals surface area contributed by atoms with E-state index < -0.39 is 0 Å². The Hall–Kier alpha value is -3.40. The number of aromatic nitrogens is 2. The molecule has 0 unspecified atom stereocenters. The second kappa shape index (κ2) is 7.31. The molecular formula is C24H22N4. The van der Waals surface area contributed by atoms with Gasteiger partial charge in [0.05, 0.1) is 33.5 Å². The number of hydrogen-bond acceptors (Lipinski definition) is 4. The Morgan fingerprint density at radius 2 is 0.929 bits per heavy atom. The summed E-state index contributed by atoms with van der Waals surface area (Å²) in [5, 5.41) is 1.76. The highest BCUT2D eigenvalue weighted by Crippen LogP contribution is 2.27. The molecule has 4 rings (SSSR count). The Labute approximate surface area is 164 Å². The molecule has 4 heteroatoms. The highest BCUT2D eigenvalue weighted by atomic mass is 14.9. The van der Waals surface area contributed by atoms with E-state index in [1.807, 2.05) is 50.2 Å². The van der Waals surface area contributed by atoms with Crippen LogP contribution < -0.4 is 10.7 Å². The van der Waals surface area contributed by atoms with Crippen molar-refractivity contribution in [2.75, 3.05) is 14.1 Å². The molecule has 1 heterocycles. The standard InChI is InChI=1S/C24H22N4/c1-15-19(25-3)20(26-4)16(2)22-21(15)27-23(17-11-7-5-8-12-17)24(28-22)18-13-9-6-10-14-18/h5-14H,1-4H3/b25-19-,26-20-. The first-order valence-corrected chi connectivity index (χ1v) is 9.31. The zero-order chi connectivity index (χ0) is 19.7. The minimum atomic E-state index is 0.879. The molecule has 3 aromatic rings. The van der Waals surface area contributed by atoms with Crippen LogP contribution >= 0.6 is 0 Å². The van der Waals surface area contributed by atoms with E-state index in [0.29, 0.717) is 0 Å². The molecule has 0 fully saturated rings. The SMILES string of the molecule is C/N=C1/C(C)=c2nc(-c3ccccc3)c(-c3ccccc3)nc2=C(C)/C1=N/C. The molecule has 0 amide bonds. The largest absolute Gasteiger partial charge is 0.286 e. The van der Waals surface area contributed by atoms with Gasteiger partial charge in [-0.15, -0.1) is 0 Å². The molecule has 0 N–H and O–H groups in total. The fourth-order valence-electron chi connectivity index (χ4n) is 3.68. The summed E-state index contributed by atoms with van der Waals surface area (Å²) in [5.74, 6) is 0.